The van der Waals surface area contributed by atoms with E-state index in [1.165, 1.54) is 10.4 Å². The lowest BCUT2D eigenvalue weighted by atomic mass is 10.1. The van der Waals surface area contributed by atoms with E-state index in [0.717, 1.165) is 18.4 Å². The summed E-state index contributed by atoms with van der Waals surface area (Å²) in [6.07, 6.45) is 5.28. The van der Waals surface area contributed by atoms with E-state index in [1.54, 1.807) is 28.1 Å². The van der Waals surface area contributed by atoms with Crippen molar-refractivity contribution in [2.24, 2.45) is 4.99 Å². The minimum Gasteiger partial charge on any atom is -0.493 e. The average molecular weight is 473 g/mol. The van der Waals surface area contributed by atoms with E-state index in [9.17, 15) is 9.90 Å². The molecule has 170 valence electrons. The molecule has 4 aromatic heterocycles. The molecule has 11 heteroatoms. The number of anilines is 1. The lowest BCUT2D eigenvalue weighted by Crippen LogP contribution is -2.24. The highest BCUT2D eigenvalue weighted by molar-refractivity contribution is 7.13. The molecule has 0 bridgehead atoms. The molecule has 6 rings (SSSR count). The summed E-state index contributed by atoms with van der Waals surface area (Å²) in [7, 11) is 0. The number of hydrogen-bond donors (Lipinski definition) is 4. The van der Waals surface area contributed by atoms with Crippen LogP contribution in [-0.4, -0.2) is 40.7 Å². The Kier molecular flexibility index (Phi) is 4.95. The van der Waals surface area contributed by atoms with Gasteiger partial charge in [-0.15, -0.1) is 11.3 Å². The Hall–Kier alpha value is -4.25. The molecule has 4 N–H and O–H groups in total. The maximum absolute atomic E-state index is 11.5. The number of nitrogens with zero attached hydrogens (tertiary/aromatic N) is 5. The monoisotopic (exact) mass is 472 g/mol. The number of nitrogens with one attached hydrogen (secondary N) is 3. The highest BCUT2D eigenvalue weighted by Crippen LogP contribution is 2.28. The highest BCUT2D eigenvalue weighted by Gasteiger charge is 2.21. The van der Waals surface area contributed by atoms with E-state index < -0.39 is 5.69 Å². The molecule has 1 aliphatic rings. The van der Waals surface area contributed by atoms with Crippen LogP contribution in [0.3, 0.4) is 0 Å². The van der Waals surface area contributed by atoms with Crippen LogP contribution in [0.5, 0.6) is 5.88 Å². The van der Waals surface area contributed by atoms with Gasteiger partial charge in [0.1, 0.15) is 5.69 Å². The maximum atomic E-state index is 11.5. The Morgan fingerprint density at radius 1 is 1.21 bits per heavy atom. The normalized spacial score (nSPS) is 14.8. The minimum atomic E-state index is -0.494. The summed E-state index contributed by atoms with van der Waals surface area (Å²) in [5.74, 6) is 0.180. The second kappa shape index (κ2) is 8.27. The van der Waals surface area contributed by atoms with Gasteiger partial charge in [-0.05, 0) is 41.5 Å². The molecule has 1 fully saturated rings. The molecule has 1 aliphatic carbocycles. The first-order chi connectivity index (χ1) is 16.6. The van der Waals surface area contributed by atoms with Gasteiger partial charge in [-0.1, -0.05) is 30.3 Å². The van der Waals surface area contributed by atoms with E-state index >= 15 is 0 Å². The van der Waals surface area contributed by atoms with E-state index in [1.807, 2.05) is 18.2 Å². The Bertz CT molecular complexity index is 1660. The number of hydrogen-bond acceptors (Lipinski definition) is 8. The van der Waals surface area contributed by atoms with Crippen LogP contribution in [-0.2, 0) is 6.54 Å². The van der Waals surface area contributed by atoms with Crippen LogP contribution in [0.1, 0.15) is 24.1 Å². The number of benzene rings is 1. The fourth-order valence-corrected chi connectivity index (χ4v) is 4.47. The number of imidazole rings is 1. The van der Waals surface area contributed by atoms with Crippen molar-refractivity contribution in [2.45, 2.75) is 25.4 Å². The molecule has 1 aromatic carbocycles. The predicted molar refractivity (Wildman–Crippen MR) is 128 cm³/mol. The van der Waals surface area contributed by atoms with Gasteiger partial charge in [0.2, 0.25) is 11.8 Å². The molecule has 0 aliphatic heterocycles. The van der Waals surface area contributed by atoms with Crippen LogP contribution < -0.4 is 21.8 Å². The second-order valence-electron chi connectivity index (χ2n) is 8.02. The molecular formula is C23H20N8O2S. The van der Waals surface area contributed by atoms with Crippen molar-refractivity contribution in [3.8, 4) is 16.3 Å². The molecule has 0 radical (unpaired) electrons. The molecule has 0 saturated heterocycles. The van der Waals surface area contributed by atoms with Crippen molar-refractivity contribution >= 4 is 29.0 Å². The summed E-state index contributed by atoms with van der Waals surface area (Å²) in [4.78, 5) is 31.5. The lowest BCUT2D eigenvalue weighted by molar-refractivity contribution is 0.454. The molecular weight excluding hydrogens is 452 g/mol. The quantitative estimate of drug-likeness (QED) is 0.298. The highest BCUT2D eigenvalue weighted by atomic mass is 32.1. The Morgan fingerprint density at radius 2 is 2.09 bits per heavy atom. The van der Waals surface area contributed by atoms with E-state index in [2.05, 4.69) is 53.9 Å². The zero-order chi connectivity index (χ0) is 23.1. The van der Waals surface area contributed by atoms with Gasteiger partial charge >= 0.3 is 5.69 Å². The van der Waals surface area contributed by atoms with E-state index in [-0.39, 0.29) is 17.6 Å². The number of aromatic amines is 2. The minimum absolute atomic E-state index is 0.243. The van der Waals surface area contributed by atoms with Gasteiger partial charge in [0.25, 0.3) is 5.62 Å². The zero-order valence-electron chi connectivity index (χ0n) is 17.9. The predicted octanol–water partition coefficient (Wildman–Crippen LogP) is 1.80. The van der Waals surface area contributed by atoms with Crippen LogP contribution in [0.4, 0.5) is 5.95 Å². The fourth-order valence-electron chi connectivity index (χ4n) is 3.68. The van der Waals surface area contributed by atoms with Crippen molar-refractivity contribution < 1.29 is 5.11 Å². The molecule has 0 atom stereocenters. The topological polar surface area (TPSA) is 136 Å². The summed E-state index contributed by atoms with van der Waals surface area (Å²) in [6, 6.07) is 12.6. The van der Waals surface area contributed by atoms with Crippen LogP contribution in [0.15, 0.2) is 57.8 Å². The van der Waals surface area contributed by atoms with Crippen molar-refractivity contribution in [1.82, 2.24) is 29.5 Å². The van der Waals surface area contributed by atoms with Gasteiger partial charge in [0.15, 0.2) is 5.65 Å². The smallest absolute Gasteiger partial charge is 0.326 e. The van der Waals surface area contributed by atoms with Crippen LogP contribution in [0.25, 0.3) is 22.2 Å². The number of H-pyrrole nitrogens is 2. The third-order valence-corrected chi connectivity index (χ3v) is 6.40. The van der Waals surface area contributed by atoms with Gasteiger partial charge in [-0.25, -0.2) is 9.79 Å². The van der Waals surface area contributed by atoms with Crippen LogP contribution in [0.2, 0.25) is 0 Å². The maximum Gasteiger partial charge on any atom is 0.326 e. The lowest BCUT2D eigenvalue weighted by Gasteiger charge is -2.09. The third-order valence-electron chi connectivity index (χ3n) is 5.50. The van der Waals surface area contributed by atoms with Gasteiger partial charge in [0, 0.05) is 16.6 Å². The van der Waals surface area contributed by atoms with Crippen molar-refractivity contribution in [2.75, 3.05) is 5.32 Å². The largest absolute Gasteiger partial charge is 0.493 e. The molecule has 34 heavy (non-hydrogen) atoms. The summed E-state index contributed by atoms with van der Waals surface area (Å²) in [5.41, 5.74) is 3.03. The molecule has 5 aromatic rings. The first-order valence-corrected chi connectivity index (χ1v) is 11.7. The Labute approximate surface area is 196 Å². The summed E-state index contributed by atoms with van der Waals surface area (Å²) in [6.45, 7) is 0.534. The van der Waals surface area contributed by atoms with Gasteiger partial charge in [0.05, 0.1) is 12.2 Å². The zero-order valence-corrected chi connectivity index (χ0v) is 18.7. The number of aromatic nitrogens is 6. The third kappa shape index (κ3) is 3.97. The molecule has 0 amide bonds. The number of fused-ring (bicyclic) bond motifs is 1. The Balaban J connectivity index is 1.41. The number of rotatable bonds is 6. The Morgan fingerprint density at radius 3 is 2.85 bits per heavy atom. The standard InChI is InChI=1S/C23H20N8O2S/c32-20-17(27-23(33)29-20)10-14-12-25-31-19(14)28-21(30-22(31)26-15-7-8-15)24-11-13-4-1-2-5-16(13)18-6-3-9-34-18/h1-6,9-10,12,15,32H,7-8,11H2,(H,24,26,30)(H2,27,29,33). The molecule has 1 saturated carbocycles. The van der Waals surface area contributed by atoms with Crippen LogP contribution >= 0.6 is 11.3 Å². The van der Waals surface area contributed by atoms with Gasteiger partial charge < -0.3 is 15.4 Å². The SMILES string of the molecule is O=c1[nH]c(O)c(C=c2cnn3c(=NC4CC4)nc(NCc4ccccc4-c4cccs4)nc23)[nH]1. The van der Waals surface area contributed by atoms with Crippen molar-refractivity contribution in [1.29, 1.82) is 0 Å². The fraction of sp³-hybridized carbons (Fsp3) is 0.174. The van der Waals surface area contributed by atoms with Gasteiger partial charge in [-0.2, -0.15) is 19.6 Å². The number of aromatic hydroxyl groups is 1. The van der Waals surface area contributed by atoms with Crippen LogP contribution in [0, 0.1) is 0 Å². The summed E-state index contributed by atoms with van der Waals surface area (Å²) >= 11 is 1.70. The summed E-state index contributed by atoms with van der Waals surface area (Å²) < 4.78 is 1.58. The molecule has 4 heterocycles. The van der Waals surface area contributed by atoms with Crippen molar-refractivity contribution in [3.05, 3.63) is 80.6 Å². The van der Waals surface area contributed by atoms with Gasteiger partial charge in [-0.3, -0.25) is 4.98 Å². The molecule has 0 unspecified atom stereocenters. The van der Waals surface area contributed by atoms with E-state index in [4.69, 9.17) is 4.99 Å². The first-order valence-electron chi connectivity index (χ1n) is 10.8. The first kappa shape index (κ1) is 20.4. The van der Waals surface area contributed by atoms with Crippen molar-refractivity contribution in [3.63, 3.8) is 0 Å². The molecule has 0 spiro atoms. The second-order valence-corrected chi connectivity index (χ2v) is 8.96. The van der Waals surface area contributed by atoms with E-state index in [0.29, 0.717) is 29.0 Å². The molecule has 10 nitrogen and oxygen atoms in total. The summed E-state index contributed by atoms with van der Waals surface area (Å²) in [5, 5.41) is 20.4. The average Bonchev–Trinajstić information content (AvgIpc) is 3.20. The number of thiophene rings is 1.